The normalized spacial score (nSPS) is 15.1. The van der Waals surface area contributed by atoms with Gasteiger partial charge in [0.25, 0.3) is 0 Å². The summed E-state index contributed by atoms with van der Waals surface area (Å²) in [7, 11) is 3.17. The summed E-state index contributed by atoms with van der Waals surface area (Å²) in [6.07, 6.45) is 1.80. The number of carbonyl (C=O) groups excluding carboxylic acids is 4. The van der Waals surface area contributed by atoms with Gasteiger partial charge in [0.1, 0.15) is 33.9 Å². The van der Waals surface area contributed by atoms with Gasteiger partial charge in [-0.05, 0) is 119 Å². The molecule has 0 radical (unpaired) electrons. The molecule has 2 aliphatic heterocycles. The number of aliphatic hydroxyl groups excluding tert-OH is 1. The van der Waals surface area contributed by atoms with Crippen molar-refractivity contribution >= 4 is 47.4 Å². The van der Waals surface area contributed by atoms with E-state index in [-0.39, 0.29) is 25.1 Å². The third kappa shape index (κ3) is 15.5. The van der Waals surface area contributed by atoms with Gasteiger partial charge in [-0.25, -0.2) is 19.2 Å². The number of aliphatic imine (C=N–C) groups is 2. The summed E-state index contributed by atoms with van der Waals surface area (Å²) in [6, 6.07) is 11.5. The first-order valence-corrected chi connectivity index (χ1v) is 23.1. The highest BCUT2D eigenvalue weighted by molar-refractivity contribution is 6.00. The van der Waals surface area contributed by atoms with Crippen molar-refractivity contribution in [3.63, 3.8) is 0 Å². The van der Waals surface area contributed by atoms with Gasteiger partial charge in [0.15, 0.2) is 11.6 Å². The minimum Gasteiger partial charge on any atom is -0.496 e. The first kappa shape index (κ1) is 54.0. The van der Waals surface area contributed by atoms with Gasteiger partial charge in [-0.1, -0.05) is 36.4 Å². The minimum absolute atomic E-state index is 0.0126. The van der Waals surface area contributed by atoms with Crippen molar-refractivity contribution in [2.75, 3.05) is 47.0 Å². The molecule has 0 bridgehead atoms. The van der Waals surface area contributed by atoms with E-state index in [2.05, 4.69) is 30.8 Å². The van der Waals surface area contributed by atoms with Crippen LogP contribution < -0.4 is 20.1 Å². The van der Waals surface area contributed by atoms with E-state index in [9.17, 15) is 24.3 Å². The molecule has 0 atom stereocenters. The number of ether oxygens (including phenoxy) is 6. The lowest BCUT2D eigenvalue weighted by Crippen LogP contribution is -2.48. The fraction of sp³-hybridized carbons (Fsp3) is 0.520. The maximum atomic E-state index is 12.8. The van der Waals surface area contributed by atoms with E-state index in [0.717, 1.165) is 22.3 Å². The Morgan fingerprint density at radius 2 is 0.971 bits per heavy atom. The van der Waals surface area contributed by atoms with Gasteiger partial charge >= 0.3 is 24.4 Å². The Morgan fingerprint density at radius 3 is 1.27 bits per heavy atom. The fourth-order valence-electron chi connectivity index (χ4n) is 7.33. The molecule has 0 aliphatic carbocycles. The third-order valence-electron chi connectivity index (χ3n) is 10.1. The molecule has 0 spiro atoms. The zero-order valence-corrected chi connectivity index (χ0v) is 42.9. The van der Waals surface area contributed by atoms with Crippen molar-refractivity contribution in [3.8, 4) is 34.3 Å². The highest BCUT2D eigenvalue weighted by Gasteiger charge is 2.28. The van der Waals surface area contributed by atoms with E-state index in [4.69, 9.17) is 28.4 Å². The molecular formula is C50H69N9O11. The van der Waals surface area contributed by atoms with Crippen molar-refractivity contribution in [3.05, 3.63) is 59.7 Å². The molecule has 70 heavy (non-hydrogen) atoms. The SMILES string of the molecule is COc1cc(-c2nnc(-c3ccc(C4=CCN(C(=NC(=O)OC(C)(C)C)NC(=O)OC(C)(C)C)CC4)c(OC)c3)n2CCO)ccc1C1=CCN(C(=NC(=O)OC(C)(C)C)NC(=O)OC(C)(C)C)CC1. The van der Waals surface area contributed by atoms with E-state index in [0.29, 0.717) is 73.3 Å². The van der Waals surface area contributed by atoms with Crippen LogP contribution in [0.5, 0.6) is 11.5 Å². The average Bonchev–Trinajstić information content (AvgIpc) is 3.66. The van der Waals surface area contributed by atoms with Crippen LogP contribution in [0.3, 0.4) is 0 Å². The lowest BCUT2D eigenvalue weighted by atomic mass is 9.97. The summed E-state index contributed by atoms with van der Waals surface area (Å²) in [4.78, 5) is 62.8. The van der Waals surface area contributed by atoms with Crippen molar-refractivity contribution < 1.29 is 52.7 Å². The summed E-state index contributed by atoms with van der Waals surface area (Å²) in [5, 5.41) is 24.7. The molecule has 380 valence electrons. The zero-order valence-electron chi connectivity index (χ0n) is 42.9. The Bertz CT molecular complexity index is 2370. The number of guanidine groups is 2. The lowest BCUT2D eigenvalue weighted by Gasteiger charge is -2.30. The zero-order chi connectivity index (χ0) is 51.8. The number of nitrogens with zero attached hydrogens (tertiary/aromatic N) is 7. The summed E-state index contributed by atoms with van der Waals surface area (Å²) < 4.78 is 35.4. The van der Waals surface area contributed by atoms with Crippen molar-refractivity contribution in [1.82, 2.24) is 35.2 Å². The van der Waals surface area contributed by atoms with Crippen LogP contribution in [0.15, 0.2) is 58.5 Å². The predicted octanol–water partition coefficient (Wildman–Crippen LogP) is 8.43. The second-order valence-corrected chi connectivity index (χ2v) is 20.5. The topological polar surface area (TPSA) is 230 Å². The number of hydrogen-bond acceptors (Lipinski definition) is 13. The molecular weight excluding hydrogens is 903 g/mol. The highest BCUT2D eigenvalue weighted by Crippen LogP contribution is 2.37. The van der Waals surface area contributed by atoms with Crippen LogP contribution in [-0.2, 0) is 25.5 Å². The number of aromatic nitrogens is 3. The number of hydrogen-bond donors (Lipinski definition) is 3. The summed E-state index contributed by atoms with van der Waals surface area (Å²) in [5.74, 6) is 2.21. The highest BCUT2D eigenvalue weighted by atomic mass is 16.6. The van der Waals surface area contributed by atoms with E-state index < -0.39 is 46.8 Å². The standard InChI is InChI=1S/C50H69N9O11/c1-47(2,3)67-43(61)51-41(52-44(62)68-48(4,5)6)57-23-19-31(20-24-57)35-17-15-33(29-37(35)65-13)39-55-56-40(59(39)27-28-60)34-16-18-36(38(30-34)66-14)32-21-25-58(26-22-32)42(53-45(63)69-49(7,8)9)54-46(64)70-50(10,11)12/h15-19,21,29-30,60H,20,22-28H2,1-14H3,(H,51,52,61,62)(H,53,54,63,64). The summed E-state index contributed by atoms with van der Waals surface area (Å²) in [6.45, 7) is 22.3. The first-order valence-electron chi connectivity index (χ1n) is 23.1. The smallest absolute Gasteiger partial charge is 0.437 e. The maximum absolute atomic E-state index is 12.8. The third-order valence-corrected chi connectivity index (χ3v) is 10.1. The van der Waals surface area contributed by atoms with E-state index >= 15 is 0 Å². The molecule has 0 saturated heterocycles. The van der Waals surface area contributed by atoms with Gasteiger partial charge < -0.3 is 47.9 Å². The molecule has 0 unspecified atom stereocenters. The second-order valence-electron chi connectivity index (χ2n) is 20.5. The van der Waals surface area contributed by atoms with Crippen LogP contribution in [0.4, 0.5) is 19.2 Å². The van der Waals surface area contributed by atoms with Gasteiger partial charge in [0.05, 0.1) is 20.8 Å². The molecule has 3 heterocycles. The number of nitrogens with one attached hydrogen (secondary N) is 2. The molecule has 0 saturated carbocycles. The van der Waals surface area contributed by atoms with E-state index in [1.54, 1.807) is 107 Å². The van der Waals surface area contributed by atoms with E-state index in [1.807, 2.05) is 53.1 Å². The largest absolute Gasteiger partial charge is 0.496 e. The summed E-state index contributed by atoms with van der Waals surface area (Å²) in [5.41, 5.74) is 1.93. The Kier molecular flexibility index (Phi) is 17.1. The monoisotopic (exact) mass is 972 g/mol. The number of amides is 4. The molecule has 4 amide bonds. The molecule has 3 aromatic rings. The minimum atomic E-state index is -0.846. The Balaban J connectivity index is 1.38. The maximum Gasteiger partial charge on any atom is 0.437 e. The van der Waals surface area contributed by atoms with Gasteiger partial charge in [0.2, 0.25) is 11.9 Å². The quantitative estimate of drug-likeness (QED) is 0.109. The van der Waals surface area contributed by atoms with Crippen molar-refractivity contribution in [1.29, 1.82) is 0 Å². The van der Waals surface area contributed by atoms with Crippen molar-refractivity contribution in [2.24, 2.45) is 9.98 Å². The molecule has 2 aromatic carbocycles. The molecule has 5 rings (SSSR count). The number of methoxy groups -OCH3 is 2. The van der Waals surface area contributed by atoms with Crippen LogP contribution in [0.1, 0.15) is 107 Å². The van der Waals surface area contributed by atoms with E-state index in [1.165, 1.54) is 0 Å². The molecule has 0 fully saturated rings. The molecule has 3 N–H and O–H groups in total. The average molecular weight is 972 g/mol. The predicted molar refractivity (Wildman–Crippen MR) is 265 cm³/mol. The lowest BCUT2D eigenvalue weighted by molar-refractivity contribution is 0.0536. The Morgan fingerprint density at radius 1 is 0.600 bits per heavy atom. The van der Waals surface area contributed by atoms with Gasteiger partial charge in [-0.3, -0.25) is 10.6 Å². The number of carbonyl (C=O) groups is 4. The van der Waals surface area contributed by atoms with Gasteiger partial charge in [0, 0.05) is 55.0 Å². The van der Waals surface area contributed by atoms with Crippen LogP contribution in [0.25, 0.3) is 33.9 Å². The molecule has 20 nitrogen and oxygen atoms in total. The number of alkyl carbamates (subject to hydrolysis) is 2. The van der Waals surface area contributed by atoms with Gasteiger partial charge in [-0.15, -0.1) is 20.2 Å². The number of benzene rings is 2. The first-order chi connectivity index (χ1) is 32.7. The molecule has 2 aliphatic rings. The van der Waals surface area contributed by atoms with Crippen molar-refractivity contribution in [2.45, 2.75) is 125 Å². The summed E-state index contributed by atoms with van der Waals surface area (Å²) >= 11 is 0. The number of rotatable bonds is 8. The molecule has 20 heteroatoms. The van der Waals surface area contributed by atoms with Gasteiger partial charge in [-0.2, -0.15) is 0 Å². The number of aliphatic hydroxyl groups is 1. The van der Waals surface area contributed by atoms with Crippen LogP contribution in [0, 0.1) is 0 Å². The van der Waals surface area contributed by atoms with Crippen LogP contribution in [0.2, 0.25) is 0 Å². The van der Waals surface area contributed by atoms with Crippen LogP contribution >= 0.6 is 0 Å². The van der Waals surface area contributed by atoms with Crippen LogP contribution in [-0.4, -0.2) is 135 Å². The molecule has 1 aromatic heterocycles. The second kappa shape index (κ2) is 22.2. The fourth-order valence-corrected chi connectivity index (χ4v) is 7.33. The Hall–Kier alpha value is -6.96. The Labute approximate surface area is 410 Å².